The van der Waals surface area contributed by atoms with Crippen LogP contribution < -0.4 is 10.1 Å². The fourth-order valence-electron chi connectivity index (χ4n) is 1.22. The number of anilines is 1. The molecule has 78 valence electrons. The van der Waals surface area contributed by atoms with Crippen molar-refractivity contribution in [1.29, 1.82) is 0 Å². The third-order valence-electron chi connectivity index (χ3n) is 2.01. The third kappa shape index (κ3) is 3.11. The number of halogens is 1. The lowest BCUT2D eigenvalue weighted by Crippen LogP contribution is -2.02. The van der Waals surface area contributed by atoms with E-state index in [2.05, 4.69) is 12.2 Å². The predicted molar refractivity (Wildman–Crippen MR) is 61.4 cm³/mol. The van der Waals surface area contributed by atoms with Crippen LogP contribution in [0.15, 0.2) is 18.2 Å². The summed E-state index contributed by atoms with van der Waals surface area (Å²) in [6.45, 7) is 3.12. The van der Waals surface area contributed by atoms with E-state index >= 15 is 0 Å². The van der Waals surface area contributed by atoms with Crippen LogP contribution in [0, 0.1) is 0 Å². The second kappa shape index (κ2) is 5.76. The Kier molecular flexibility index (Phi) is 4.60. The lowest BCUT2D eigenvalue weighted by atomic mass is 10.2. The molecule has 2 nitrogen and oxygen atoms in total. The van der Waals surface area contributed by atoms with Crippen molar-refractivity contribution in [2.75, 3.05) is 19.0 Å². The Balaban J connectivity index is 2.67. The maximum absolute atomic E-state index is 5.89. The van der Waals surface area contributed by atoms with Crippen LogP contribution in [0.3, 0.4) is 0 Å². The molecule has 0 aliphatic rings. The summed E-state index contributed by atoms with van der Waals surface area (Å²) in [5.74, 6) is 0.838. The van der Waals surface area contributed by atoms with Gasteiger partial charge < -0.3 is 10.1 Å². The van der Waals surface area contributed by atoms with Crippen molar-refractivity contribution in [3.63, 3.8) is 0 Å². The van der Waals surface area contributed by atoms with Gasteiger partial charge in [0, 0.05) is 11.6 Å². The maximum Gasteiger partial charge on any atom is 0.142 e. The van der Waals surface area contributed by atoms with Gasteiger partial charge in [-0.1, -0.05) is 24.9 Å². The molecule has 1 aromatic carbocycles. The van der Waals surface area contributed by atoms with Crippen molar-refractivity contribution in [1.82, 2.24) is 0 Å². The van der Waals surface area contributed by atoms with E-state index in [1.165, 1.54) is 6.42 Å². The van der Waals surface area contributed by atoms with Crippen molar-refractivity contribution in [2.24, 2.45) is 0 Å². The second-order valence-corrected chi connectivity index (χ2v) is 3.56. The molecule has 0 saturated carbocycles. The highest BCUT2D eigenvalue weighted by atomic mass is 35.5. The van der Waals surface area contributed by atoms with Crippen LogP contribution in [0.25, 0.3) is 0 Å². The van der Waals surface area contributed by atoms with Crippen LogP contribution in [-0.2, 0) is 0 Å². The van der Waals surface area contributed by atoms with E-state index in [1.807, 2.05) is 18.2 Å². The molecule has 0 radical (unpaired) electrons. The smallest absolute Gasteiger partial charge is 0.142 e. The fourth-order valence-corrected chi connectivity index (χ4v) is 1.39. The maximum atomic E-state index is 5.89. The Morgan fingerprint density at radius 3 is 2.86 bits per heavy atom. The van der Waals surface area contributed by atoms with E-state index in [0.717, 1.165) is 29.4 Å². The summed E-state index contributed by atoms with van der Waals surface area (Å²) < 4.78 is 5.21. The molecule has 0 amide bonds. The van der Waals surface area contributed by atoms with Crippen LogP contribution in [-0.4, -0.2) is 13.7 Å². The second-order valence-electron chi connectivity index (χ2n) is 3.12. The van der Waals surface area contributed by atoms with E-state index in [0.29, 0.717) is 0 Å². The summed E-state index contributed by atoms with van der Waals surface area (Å²) in [4.78, 5) is 0. The van der Waals surface area contributed by atoms with Crippen molar-refractivity contribution in [2.45, 2.75) is 19.8 Å². The third-order valence-corrected chi connectivity index (χ3v) is 2.24. The first-order chi connectivity index (χ1) is 6.77. The fraction of sp³-hybridized carbons (Fsp3) is 0.455. The molecule has 1 rings (SSSR count). The molecule has 0 aliphatic carbocycles. The van der Waals surface area contributed by atoms with Gasteiger partial charge >= 0.3 is 0 Å². The SMILES string of the molecule is CCCCNc1cc(Cl)ccc1OC. The van der Waals surface area contributed by atoms with Gasteiger partial charge in [-0.15, -0.1) is 0 Å². The zero-order valence-electron chi connectivity index (χ0n) is 8.64. The number of rotatable bonds is 5. The van der Waals surface area contributed by atoms with Gasteiger partial charge in [0.15, 0.2) is 0 Å². The van der Waals surface area contributed by atoms with Gasteiger partial charge in [0.1, 0.15) is 5.75 Å². The van der Waals surface area contributed by atoms with Crippen molar-refractivity contribution >= 4 is 17.3 Å². The van der Waals surface area contributed by atoms with Crippen LogP contribution in [0.4, 0.5) is 5.69 Å². The Labute approximate surface area is 90.2 Å². The summed E-state index contributed by atoms with van der Waals surface area (Å²) in [5.41, 5.74) is 0.966. The molecule has 0 saturated heterocycles. The standard InChI is InChI=1S/C11H16ClNO/c1-3-4-7-13-10-8-9(12)5-6-11(10)14-2/h5-6,8,13H,3-4,7H2,1-2H3. The van der Waals surface area contributed by atoms with Crippen LogP contribution >= 0.6 is 11.6 Å². The van der Waals surface area contributed by atoms with E-state index in [4.69, 9.17) is 16.3 Å². The predicted octanol–water partition coefficient (Wildman–Crippen LogP) is 3.56. The van der Waals surface area contributed by atoms with E-state index in [1.54, 1.807) is 7.11 Å². The number of methoxy groups -OCH3 is 1. The topological polar surface area (TPSA) is 21.3 Å². The van der Waals surface area contributed by atoms with Crippen molar-refractivity contribution in [3.8, 4) is 5.75 Å². The molecule has 0 aliphatic heterocycles. The molecular weight excluding hydrogens is 198 g/mol. The first-order valence-corrected chi connectivity index (χ1v) is 5.23. The van der Waals surface area contributed by atoms with Crippen molar-refractivity contribution in [3.05, 3.63) is 23.2 Å². The monoisotopic (exact) mass is 213 g/mol. The number of hydrogen-bond donors (Lipinski definition) is 1. The Hall–Kier alpha value is -0.890. The molecule has 14 heavy (non-hydrogen) atoms. The molecule has 1 aromatic rings. The highest BCUT2D eigenvalue weighted by Crippen LogP contribution is 2.27. The minimum atomic E-state index is 0.727. The highest BCUT2D eigenvalue weighted by molar-refractivity contribution is 6.30. The normalized spacial score (nSPS) is 9.93. The molecular formula is C11H16ClNO. The van der Waals surface area contributed by atoms with Gasteiger partial charge in [0.05, 0.1) is 12.8 Å². The van der Waals surface area contributed by atoms with Crippen molar-refractivity contribution < 1.29 is 4.74 Å². The first kappa shape index (κ1) is 11.2. The van der Waals surface area contributed by atoms with Gasteiger partial charge in [-0.05, 0) is 24.6 Å². The van der Waals surface area contributed by atoms with Crippen LogP contribution in [0.5, 0.6) is 5.75 Å². The van der Waals surface area contributed by atoms with Gasteiger partial charge in [-0.3, -0.25) is 0 Å². The largest absolute Gasteiger partial charge is 0.495 e. The Bertz CT molecular complexity index is 289. The van der Waals surface area contributed by atoms with E-state index in [9.17, 15) is 0 Å². The number of nitrogens with one attached hydrogen (secondary N) is 1. The van der Waals surface area contributed by atoms with Gasteiger partial charge in [-0.2, -0.15) is 0 Å². The number of ether oxygens (including phenoxy) is 1. The Morgan fingerprint density at radius 2 is 2.21 bits per heavy atom. The average molecular weight is 214 g/mol. The minimum Gasteiger partial charge on any atom is -0.495 e. The lowest BCUT2D eigenvalue weighted by molar-refractivity contribution is 0.416. The van der Waals surface area contributed by atoms with E-state index in [-0.39, 0.29) is 0 Å². The van der Waals surface area contributed by atoms with Gasteiger partial charge in [0.2, 0.25) is 0 Å². The molecule has 3 heteroatoms. The Morgan fingerprint density at radius 1 is 1.43 bits per heavy atom. The summed E-state index contributed by atoms with van der Waals surface area (Å²) >= 11 is 5.89. The highest BCUT2D eigenvalue weighted by Gasteiger charge is 2.01. The average Bonchev–Trinajstić information content (AvgIpc) is 2.19. The molecule has 0 spiro atoms. The molecule has 0 unspecified atom stereocenters. The molecule has 0 bridgehead atoms. The number of unbranched alkanes of at least 4 members (excludes halogenated alkanes) is 1. The zero-order valence-corrected chi connectivity index (χ0v) is 9.40. The van der Waals surface area contributed by atoms with Crippen LogP contribution in [0.2, 0.25) is 5.02 Å². The minimum absolute atomic E-state index is 0.727. The molecule has 0 atom stereocenters. The van der Waals surface area contributed by atoms with Gasteiger partial charge in [0.25, 0.3) is 0 Å². The quantitative estimate of drug-likeness (QED) is 0.756. The number of hydrogen-bond acceptors (Lipinski definition) is 2. The summed E-state index contributed by atoms with van der Waals surface area (Å²) in [5, 5.41) is 4.02. The summed E-state index contributed by atoms with van der Waals surface area (Å²) in [6, 6.07) is 5.58. The van der Waals surface area contributed by atoms with E-state index < -0.39 is 0 Å². The summed E-state index contributed by atoms with van der Waals surface area (Å²) in [7, 11) is 1.66. The first-order valence-electron chi connectivity index (χ1n) is 4.85. The number of benzene rings is 1. The van der Waals surface area contributed by atoms with Gasteiger partial charge in [-0.25, -0.2) is 0 Å². The molecule has 0 heterocycles. The summed E-state index contributed by atoms with van der Waals surface area (Å²) in [6.07, 6.45) is 2.32. The zero-order chi connectivity index (χ0) is 10.4. The lowest BCUT2D eigenvalue weighted by Gasteiger charge is -2.10. The molecule has 1 N–H and O–H groups in total. The molecule has 0 aromatic heterocycles. The van der Waals surface area contributed by atoms with Crippen LogP contribution in [0.1, 0.15) is 19.8 Å². The molecule has 0 fully saturated rings.